The fraction of sp³-hybridized carbons (Fsp3) is 0.562. The maximum atomic E-state index is 9.07. The third-order valence-electron chi connectivity index (χ3n) is 3.52. The van der Waals surface area contributed by atoms with Gasteiger partial charge in [0, 0.05) is 12.6 Å². The summed E-state index contributed by atoms with van der Waals surface area (Å²) in [5.41, 5.74) is 1.21. The van der Waals surface area contributed by atoms with Crippen LogP contribution in [0.5, 0.6) is 5.75 Å². The fourth-order valence-corrected chi connectivity index (χ4v) is 2.61. The molecule has 1 N–H and O–H groups in total. The molecule has 0 heterocycles. The molecule has 2 unspecified atom stereocenters. The van der Waals surface area contributed by atoms with E-state index in [2.05, 4.69) is 23.5 Å². The summed E-state index contributed by atoms with van der Waals surface area (Å²) in [5, 5.41) is 12.6. The monoisotopic (exact) mass is 258 g/mol. The summed E-state index contributed by atoms with van der Waals surface area (Å²) in [4.78, 5) is 0. The summed E-state index contributed by atoms with van der Waals surface area (Å²) in [6.07, 6.45) is 3.50. The van der Waals surface area contributed by atoms with E-state index in [1.165, 1.54) is 5.56 Å². The van der Waals surface area contributed by atoms with Crippen molar-refractivity contribution in [3.05, 3.63) is 29.8 Å². The Kier molecular flexibility index (Phi) is 4.81. The lowest BCUT2D eigenvalue weighted by molar-refractivity contribution is 0.242. The van der Waals surface area contributed by atoms with Crippen molar-refractivity contribution in [2.24, 2.45) is 5.92 Å². The van der Waals surface area contributed by atoms with Crippen molar-refractivity contribution < 1.29 is 4.74 Å². The van der Waals surface area contributed by atoms with Crippen molar-refractivity contribution in [1.82, 2.24) is 5.32 Å². The van der Waals surface area contributed by atoms with Crippen LogP contribution in [0.25, 0.3) is 0 Å². The topological polar surface area (TPSA) is 45.0 Å². The van der Waals surface area contributed by atoms with Crippen LogP contribution in [0.1, 0.15) is 38.7 Å². The van der Waals surface area contributed by atoms with Gasteiger partial charge in [0.2, 0.25) is 0 Å². The summed E-state index contributed by atoms with van der Waals surface area (Å²) >= 11 is 0. The van der Waals surface area contributed by atoms with E-state index in [9.17, 15) is 0 Å². The van der Waals surface area contributed by atoms with Crippen LogP contribution in [0.3, 0.4) is 0 Å². The second kappa shape index (κ2) is 6.58. The van der Waals surface area contributed by atoms with Gasteiger partial charge in [-0.05, 0) is 44.4 Å². The van der Waals surface area contributed by atoms with Gasteiger partial charge in [-0.25, -0.2) is 0 Å². The molecule has 1 aromatic carbocycles. The molecule has 2 atom stereocenters. The van der Waals surface area contributed by atoms with E-state index < -0.39 is 0 Å². The molecule has 1 aliphatic rings. The molecule has 0 aromatic heterocycles. The lowest BCUT2D eigenvalue weighted by atomic mass is 10.1. The third kappa shape index (κ3) is 3.97. The Morgan fingerprint density at radius 3 is 3.00 bits per heavy atom. The van der Waals surface area contributed by atoms with Crippen LogP contribution in [0.15, 0.2) is 24.3 Å². The number of nitriles is 1. The molecule has 19 heavy (non-hydrogen) atoms. The van der Waals surface area contributed by atoms with Crippen LogP contribution in [-0.2, 0) is 6.54 Å². The standard InChI is InChI=1S/C16H22N2O/c1-12(2)19-15-7-3-5-13(9-15)11-18-16-8-4-6-14(16)10-17/h3,5,7,9,12,14,16,18H,4,6,8,11H2,1-2H3. The molecule has 1 saturated carbocycles. The highest BCUT2D eigenvalue weighted by atomic mass is 16.5. The molecule has 1 aromatic rings. The van der Waals surface area contributed by atoms with Gasteiger partial charge in [0.05, 0.1) is 18.1 Å². The molecule has 1 fully saturated rings. The Morgan fingerprint density at radius 2 is 2.26 bits per heavy atom. The van der Waals surface area contributed by atoms with Crippen LogP contribution in [0.2, 0.25) is 0 Å². The number of benzene rings is 1. The molecule has 0 amide bonds. The zero-order valence-corrected chi connectivity index (χ0v) is 11.7. The van der Waals surface area contributed by atoms with Gasteiger partial charge < -0.3 is 10.1 Å². The van der Waals surface area contributed by atoms with Gasteiger partial charge >= 0.3 is 0 Å². The highest BCUT2D eigenvalue weighted by molar-refractivity contribution is 5.28. The number of nitrogens with one attached hydrogen (secondary N) is 1. The molecular formula is C16H22N2O. The molecule has 0 spiro atoms. The van der Waals surface area contributed by atoms with Crippen LogP contribution in [-0.4, -0.2) is 12.1 Å². The third-order valence-corrected chi connectivity index (χ3v) is 3.52. The van der Waals surface area contributed by atoms with Crippen molar-refractivity contribution in [2.45, 2.75) is 51.8 Å². The zero-order valence-electron chi connectivity index (χ0n) is 11.7. The van der Waals surface area contributed by atoms with E-state index in [1.54, 1.807) is 0 Å². The Labute approximate surface area is 115 Å². The van der Waals surface area contributed by atoms with Crippen LogP contribution in [0, 0.1) is 17.2 Å². The second-order valence-electron chi connectivity index (χ2n) is 5.47. The largest absolute Gasteiger partial charge is 0.491 e. The molecule has 0 aliphatic heterocycles. The maximum Gasteiger partial charge on any atom is 0.120 e. The lowest BCUT2D eigenvalue weighted by Gasteiger charge is -2.16. The van der Waals surface area contributed by atoms with Crippen molar-refractivity contribution in [3.63, 3.8) is 0 Å². The summed E-state index contributed by atoms with van der Waals surface area (Å²) in [5.74, 6) is 1.09. The van der Waals surface area contributed by atoms with E-state index >= 15 is 0 Å². The predicted molar refractivity (Wildman–Crippen MR) is 75.8 cm³/mol. The second-order valence-corrected chi connectivity index (χ2v) is 5.47. The minimum absolute atomic E-state index is 0.176. The van der Waals surface area contributed by atoms with Crippen molar-refractivity contribution in [1.29, 1.82) is 5.26 Å². The van der Waals surface area contributed by atoms with E-state index in [0.717, 1.165) is 31.6 Å². The molecule has 0 radical (unpaired) electrons. The van der Waals surface area contributed by atoms with Crippen molar-refractivity contribution >= 4 is 0 Å². The molecule has 0 bridgehead atoms. The Balaban J connectivity index is 1.91. The van der Waals surface area contributed by atoms with E-state index in [1.807, 2.05) is 26.0 Å². The summed E-state index contributed by atoms with van der Waals surface area (Å²) < 4.78 is 5.69. The molecule has 3 heteroatoms. The lowest BCUT2D eigenvalue weighted by Crippen LogP contribution is -2.31. The molecule has 2 rings (SSSR count). The van der Waals surface area contributed by atoms with Crippen LogP contribution >= 0.6 is 0 Å². The first-order chi connectivity index (χ1) is 9.19. The summed E-state index contributed by atoms with van der Waals surface area (Å²) in [6, 6.07) is 10.9. The molecule has 102 valence electrons. The molecule has 3 nitrogen and oxygen atoms in total. The number of hydrogen-bond acceptors (Lipinski definition) is 3. The van der Waals surface area contributed by atoms with Gasteiger partial charge in [-0.2, -0.15) is 5.26 Å². The first kappa shape index (κ1) is 13.9. The van der Waals surface area contributed by atoms with Crippen molar-refractivity contribution in [2.75, 3.05) is 0 Å². The van der Waals surface area contributed by atoms with Crippen LogP contribution in [0.4, 0.5) is 0 Å². The normalized spacial score (nSPS) is 22.4. The fourth-order valence-electron chi connectivity index (χ4n) is 2.61. The number of hydrogen-bond donors (Lipinski definition) is 1. The number of ether oxygens (including phenoxy) is 1. The minimum Gasteiger partial charge on any atom is -0.491 e. The van der Waals surface area contributed by atoms with Gasteiger partial charge in [0.25, 0.3) is 0 Å². The maximum absolute atomic E-state index is 9.07. The minimum atomic E-state index is 0.176. The van der Waals surface area contributed by atoms with E-state index in [-0.39, 0.29) is 12.0 Å². The van der Waals surface area contributed by atoms with Gasteiger partial charge in [-0.1, -0.05) is 18.6 Å². The van der Waals surface area contributed by atoms with Gasteiger partial charge in [-0.3, -0.25) is 0 Å². The Hall–Kier alpha value is -1.53. The van der Waals surface area contributed by atoms with Gasteiger partial charge in [0.1, 0.15) is 5.75 Å². The van der Waals surface area contributed by atoms with E-state index in [4.69, 9.17) is 10.00 Å². The van der Waals surface area contributed by atoms with Gasteiger partial charge in [0.15, 0.2) is 0 Å². The number of nitrogens with zero attached hydrogens (tertiary/aromatic N) is 1. The average Bonchev–Trinajstić information content (AvgIpc) is 2.83. The first-order valence-corrected chi connectivity index (χ1v) is 7.07. The molecular weight excluding hydrogens is 236 g/mol. The summed E-state index contributed by atoms with van der Waals surface area (Å²) in [6.45, 7) is 4.86. The molecule has 1 aliphatic carbocycles. The average molecular weight is 258 g/mol. The Morgan fingerprint density at radius 1 is 1.42 bits per heavy atom. The van der Waals surface area contributed by atoms with Crippen LogP contribution < -0.4 is 10.1 Å². The zero-order chi connectivity index (χ0) is 13.7. The number of rotatable bonds is 5. The van der Waals surface area contributed by atoms with Crippen molar-refractivity contribution in [3.8, 4) is 11.8 Å². The highest BCUT2D eigenvalue weighted by Crippen LogP contribution is 2.25. The predicted octanol–water partition coefficient (Wildman–Crippen LogP) is 3.26. The Bertz CT molecular complexity index is 450. The van der Waals surface area contributed by atoms with E-state index in [0.29, 0.717) is 6.04 Å². The summed E-state index contributed by atoms with van der Waals surface area (Å²) in [7, 11) is 0. The quantitative estimate of drug-likeness (QED) is 0.881. The van der Waals surface area contributed by atoms with Gasteiger partial charge in [-0.15, -0.1) is 0 Å². The highest BCUT2D eigenvalue weighted by Gasteiger charge is 2.26. The molecule has 0 saturated heterocycles. The smallest absolute Gasteiger partial charge is 0.120 e. The first-order valence-electron chi connectivity index (χ1n) is 7.07. The SMILES string of the molecule is CC(C)Oc1cccc(CNC2CCCC2C#N)c1.